The second kappa shape index (κ2) is 7.42. The number of benzene rings is 1. The van der Waals surface area contributed by atoms with Crippen LogP contribution < -0.4 is 10.1 Å². The molecule has 1 unspecified atom stereocenters. The molecule has 0 radical (unpaired) electrons. The van der Waals surface area contributed by atoms with Gasteiger partial charge in [0.25, 0.3) is 5.91 Å². The third-order valence-corrected chi connectivity index (χ3v) is 2.95. The lowest BCUT2D eigenvalue weighted by Gasteiger charge is -2.14. The van der Waals surface area contributed by atoms with Crippen molar-refractivity contribution in [1.82, 2.24) is 14.9 Å². The molecule has 1 amide bonds. The van der Waals surface area contributed by atoms with Crippen molar-refractivity contribution in [2.45, 2.75) is 26.0 Å². The summed E-state index contributed by atoms with van der Waals surface area (Å²) in [5.41, 5.74) is 0. The van der Waals surface area contributed by atoms with E-state index in [2.05, 4.69) is 10.3 Å². The minimum Gasteiger partial charge on any atom is -0.481 e. The Hall–Kier alpha value is -2.37. The van der Waals surface area contributed by atoms with Crippen molar-refractivity contribution < 1.29 is 13.9 Å². The molecule has 1 aromatic heterocycles. The van der Waals surface area contributed by atoms with E-state index in [9.17, 15) is 9.18 Å². The highest BCUT2D eigenvalue weighted by Crippen LogP contribution is 2.12. The van der Waals surface area contributed by atoms with Crippen molar-refractivity contribution in [3.8, 4) is 5.75 Å². The van der Waals surface area contributed by atoms with Crippen molar-refractivity contribution in [2.24, 2.45) is 0 Å². The molecule has 112 valence electrons. The molecule has 0 bridgehead atoms. The summed E-state index contributed by atoms with van der Waals surface area (Å²) in [7, 11) is 0. The van der Waals surface area contributed by atoms with Crippen LogP contribution in [0.3, 0.4) is 0 Å². The number of imidazole rings is 1. The van der Waals surface area contributed by atoms with Crippen molar-refractivity contribution in [3.05, 3.63) is 48.8 Å². The maximum Gasteiger partial charge on any atom is 0.260 e. The second-order valence-electron chi connectivity index (χ2n) is 4.66. The van der Waals surface area contributed by atoms with Gasteiger partial charge in [0.2, 0.25) is 0 Å². The quantitative estimate of drug-likeness (QED) is 0.794. The smallest absolute Gasteiger partial charge is 0.260 e. The number of aryl methyl sites for hydroxylation is 1. The Bertz CT molecular complexity index is 555. The number of carbonyl (C=O) groups is 1. The summed E-state index contributed by atoms with van der Waals surface area (Å²) in [5, 5.41) is 2.80. The first-order valence-corrected chi connectivity index (χ1v) is 6.81. The predicted molar refractivity (Wildman–Crippen MR) is 76.3 cm³/mol. The summed E-state index contributed by atoms with van der Waals surface area (Å²) < 4.78 is 20.2. The zero-order valence-electron chi connectivity index (χ0n) is 11.8. The molecule has 5 nitrogen and oxygen atoms in total. The van der Waals surface area contributed by atoms with Crippen molar-refractivity contribution in [1.29, 1.82) is 0 Å². The minimum atomic E-state index is -0.622. The zero-order chi connectivity index (χ0) is 15.1. The van der Waals surface area contributed by atoms with E-state index in [4.69, 9.17) is 4.74 Å². The fourth-order valence-electron chi connectivity index (χ4n) is 1.81. The molecule has 0 saturated heterocycles. The molecule has 21 heavy (non-hydrogen) atoms. The van der Waals surface area contributed by atoms with Crippen LogP contribution in [0.4, 0.5) is 4.39 Å². The molecule has 1 atom stereocenters. The molecular weight excluding hydrogens is 273 g/mol. The van der Waals surface area contributed by atoms with Crippen LogP contribution in [0.5, 0.6) is 5.75 Å². The number of rotatable bonds is 7. The number of hydrogen-bond donors (Lipinski definition) is 1. The van der Waals surface area contributed by atoms with Crippen LogP contribution in [0.25, 0.3) is 0 Å². The van der Waals surface area contributed by atoms with Crippen LogP contribution in [0, 0.1) is 5.82 Å². The van der Waals surface area contributed by atoms with Crippen molar-refractivity contribution in [3.63, 3.8) is 0 Å². The number of carbonyl (C=O) groups excluding carboxylic acids is 1. The Kier molecular flexibility index (Phi) is 5.31. The second-order valence-corrected chi connectivity index (χ2v) is 4.66. The number of nitrogens with zero attached hydrogens (tertiary/aromatic N) is 2. The van der Waals surface area contributed by atoms with Gasteiger partial charge in [-0.1, -0.05) is 0 Å². The van der Waals surface area contributed by atoms with Crippen molar-refractivity contribution >= 4 is 5.91 Å². The maximum absolute atomic E-state index is 12.8. The summed E-state index contributed by atoms with van der Waals surface area (Å²) in [6, 6.07) is 5.59. The van der Waals surface area contributed by atoms with Gasteiger partial charge < -0.3 is 14.6 Å². The fourth-order valence-corrected chi connectivity index (χ4v) is 1.81. The molecule has 0 aliphatic heterocycles. The number of ether oxygens (including phenoxy) is 1. The predicted octanol–water partition coefficient (Wildman–Crippen LogP) is 2.00. The molecular formula is C15H18FN3O2. The largest absolute Gasteiger partial charge is 0.481 e. The third-order valence-electron chi connectivity index (χ3n) is 2.95. The number of nitrogens with one attached hydrogen (secondary N) is 1. The molecule has 1 N–H and O–H groups in total. The molecule has 1 heterocycles. The highest BCUT2D eigenvalue weighted by Gasteiger charge is 2.13. The molecule has 0 fully saturated rings. The van der Waals surface area contributed by atoms with Crippen LogP contribution in [0.15, 0.2) is 43.0 Å². The Morgan fingerprint density at radius 3 is 2.86 bits per heavy atom. The van der Waals surface area contributed by atoms with E-state index in [0.29, 0.717) is 12.3 Å². The van der Waals surface area contributed by atoms with Gasteiger partial charge in [0.05, 0.1) is 6.33 Å². The normalized spacial score (nSPS) is 11.9. The lowest BCUT2D eigenvalue weighted by Crippen LogP contribution is -2.37. The average molecular weight is 291 g/mol. The van der Waals surface area contributed by atoms with Gasteiger partial charge in [-0.3, -0.25) is 4.79 Å². The first-order chi connectivity index (χ1) is 10.1. The van der Waals surface area contributed by atoms with Gasteiger partial charge in [-0.25, -0.2) is 9.37 Å². The molecule has 0 aliphatic carbocycles. The first-order valence-electron chi connectivity index (χ1n) is 6.81. The van der Waals surface area contributed by atoms with Crippen LogP contribution in [0.1, 0.15) is 13.3 Å². The summed E-state index contributed by atoms with van der Waals surface area (Å²) >= 11 is 0. The fraction of sp³-hybridized carbons (Fsp3) is 0.333. The highest BCUT2D eigenvalue weighted by atomic mass is 19.1. The average Bonchev–Trinajstić information content (AvgIpc) is 2.99. The molecule has 2 rings (SSSR count). The van der Waals surface area contributed by atoms with Crippen LogP contribution in [-0.4, -0.2) is 28.1 Å². The lowest BCUT2D eigenvalue weighted by atomic mass is 10.3. The minimum absolute atomic E-state index is 0.190. The van der Waals surface area contributed by atoms with Crippen molar-refractivity contribution in [2.75, 3.05) is 6.54 Å². The van der Waals surface area contributed by atoms with E-state index >= 15 is 0 Å². The van der Waals surface area contributed by atoms with Gasteiger partial charge in [-0.15, -0.1) is 0 Å². The van der Waals surface area contributed by atoms with E-state index in [1.54, 1.807) is 19.4 Å². The Morgan fingerprint density at radius 1 is 1.43 bits per heavy atom. The molecule has 2 aromatic rings. The van der Waals surface area contributed by atoms with Gasteiger partial charge in [-0.2, -0.15) is 0 Å². The molecule has 1 aromatic carbocycles. The van der Waals surface area contributed by atoms with Gasteiger partial charge in [0.15, 0.2) is 6.10 Å². The summed E-state index contributed by atoms with van der Waals surface area (Å²) in [5.74, 6) is -0.0543. The van der Waals surface area contributed by atoms with Gasteiger partial charge in [-0.05, 0) is 37.6 Å². The van der Waals surface area contributed by atoms with E-state index < -0.39 is 6.10 Å². The summed E-state index contributed by atoms with van der Waals surface area (Å²) in [4.78, 5) is 15.8. The van der Waals surface area contributed by atoms with E-state index in [1.165, 1.54) is 24.3 Å². The van der Waals surface area contributed by atoms with Gasteiger partial charge in [0.1, 0.15) is 11.6 Å². The first kappa shape index (κ1) is 15.0. The standard InChI is InChI=1S/C15H18FN3O2/c1-12(21-14-5-3-13(16)4-6-14)15(20)18-7-2-9-19-10-8-17-11-19/h3-6,8,10-12H,2,7,9H2,1H3,(H,18,20). The summed E-state index contributed by atoms with van der Waals surface area (Å²) in [6.07, 6.45) is 5.52. The molecule has 0 aliphatic rings. The van der Waals surface area contributed by atoms with Crippen LogP contribution in [-0.2, 0) is 11.3 Å². The molecule has 0 spiro atoms. The zero-order valence-corrected chi connectivity index (χ0v) is 11.8. The number of amides is 1. The van der Waals surface area contributed by atoms with Crippen LogP contribution in [0.2, 0.25) is 0 Å². The monoisotopic (exact) mass is 291 g/mol. The molecule has 6 heteroatoms. The van der Waals surface area contributed by atoms with Gasteiger partial charge in [0, 0.05) is 25.5 Å². The SMILES string of the molecule is CC(Oc1ccc(F)cc1)C(=O)NCCCn1ccnc1. The maximum atomic E-state index is 12.8. The summed E-state index contributed by atoms with van der Waals surface area (Å²) in [6.45, 7) is 3.02. The Morgan fingerprint density at radius 2 is 2.19 bits per heavy atom. The number of hydrogen-bond acceptors (Lipinski definition) is 3. The topological polar surface area (TPSA) is 56.1 Å². The Balaban J connectivity index is 1.68. The van der Waals surface area contributed by atoms with Crippen LogP contribution >= 0.6 is 0 Å². The third kappa shape index (κ3) is 4.91. The van der Waals surface area contributed by atoms with E-state index in [-0.39, 0.29) is 11.7 Å². The number of aromatic nitrogens is 2. The molecule has 0 saturated carbocycles. The Labute approximate surface area is 122 Å². The van der Waals surface area contributed by atoms with E-state index in [0.717, 1.165) is 13.0 Å². The van der Waals surface area contributed by atoms with E-state index in [1.807, 2.05) is 10.8 Å². The van der Waals surface area contributed by atoms with Gasteiger partial charge >= 0.3 is 0 Å². The number of halogens is 1. The lowest BCUT2D eigenvalue weighted by molar-refractivity contribution is -0.127. The highest BCUT2D eigenvalue weighted by molar-refractivity contribution is 5.80.